The maximum atomic E-state index is 12.9. The number of hydrogen-bond acceptors (Lipinski definition) is 4. The van der Waals surface area contributed by atoms with Gasteiger partial charge in [-0.05, 0) is 74.4 Å². The molecule has 33 heavy (non-hydrogen) atoms. The molecule has 6 nitrogen and oxygen atoms in total. The quantitative estimate of drug-likeness (QED) is 0.483. The normalized spacial score (nSPS) is 20.4. The molecule has 1 saturated carbocycles. The molecule has 1 fully saturated rings. The Kier molecular flexibility index (Phi) is 5.97. The monoisotopic (exact) mass is 499 g/mol. The van der Waals surface area contributed by atoms with Crippen molar-refractivity contribution in [1.29, 1.82) is 5.41 Å². The Labute approximate surface area is 206 Å². The zero-order valence-corrected chi connectivity index (χ0v) is 20.7. The van der Waals surface area contributed by atoms with Gasteiger partial charge >= 0.3 is 0 Å². The van der Waals surface area contributed by atoms with Crippen LogP contribution in [-0.4, -0.2) is 31.5 Å². The predicted octanol–water partition coefficient (Wildman–Crippen LogP) is 6.60. The second-order valence-electron chi connectivity index (χ2n) is 8.55. The van der Waals surface area contributed by atoms with Gasteiger partial charge < -0.3 is 4.57 Å². The lowest BCUT2D eigenvalue weighted by Crippen LogP contribution is -2.35. The number of amidine groups is 2. The molecule has 0 spiro atoms. The summed E-state index contributed by atoms with van der Waals surface area (Å²) in [7, 11) is 0. The van der Waals surface area contributed by atoms with E-state index in [4.69, 9.17) is 28.6 Å². The molecule has 3 heterocycles. The molecule has 9 heteroatoms. The molecule has 3 aliphatic rings. The molecule has 0 unspecified atom stereocenters. The number of thioether (sulfide) groups is 1. The van der Waals surface area contributed by atoms with Crippen LogP contribution in [0, 0.1) is 25.2 Å². The largest absolute Gasteiger partial charge is 0.316 e. The number of halogens is 2. The summed E-state index contributed by atoms with van der Waals surface area (Å²) in [6, 6.07) is 7.35. The lowest BCUT2D eigenvalue weighted by molar-refractivity contribution is -0.114. The Morgan fingerprint density at radius 3 is 2.64 bits per heavy atom. The minimum absolute atomic E-state index is 0.0673. The summed E-state index contributed by atoms with van der Waals surface area (Å²) in [4.78, 5) is 17.1. The number of fused-ring (bicyclic) bond motifs is 1. The third-order valence-electron chi connectivity index (χ3n) is 6.35. The van der Waals surface area contributed by atoms with E-state index in [1.807, 2.05) is 30.5 Å². The van der Waals surface area contributed by atoms with Gasteiger partial charge in [-0.1, -0.05) is 42.5 Å². The summed E-state index contributed by atoms with van der Waals surface area (Å²) < 4.78 is 2.02. The number of nitrogens with one attached hydrogen (secondary N) is 1. The number of aromatic nitrogens is 1. The average Bonchev–Trinajstić information content (AvgIpc) is 3.33. The van der Waals surface area contributed by atoms with Gasteiger partial charge in [0.05, 0.1) is 16.3 Å². The van der Waals surface area contributed by atoms with Crippen molar-refractivity contribution < 1.29 is 4.79 Å². The molecule has 0 radical (unpaired) electrons. The van der Waals surface area contributed by atoms with Crippen molar-refractivity contribution in [3.63, 3.8) is 0 Å². The zero-order valence-electron chi connectivity index (χ0n) is 18.4. The van der Waals surface area contributed by atoms with Gasteiger partial charge in [0.25, 0.3) is 5.91 Å². The van der Waals surface area contributed by atoms with Gasteiger partial charge in [0.1, 0.15) is 5.04 Å². The number of carbonyl (C=O) groups excluding carboxylic acids is 1. The number of carbonyl (C=O) groups is 1. The van der Waals surface area contributed by atoms with E-state index in [0.717, 1.165) is 40.5 Å². The predicted molar refractivity (Wildman–Crippen MR) is 137 cm³/mol. The van der Waals surface area contributed by atoms with E-state index < -0.39 is 5.91 Å². The van der Waals surface area contributed by atoms with Gasteiger partial charge in [-0.25, -0.2) is 0 Å². The molecule has 1 amide bonds. The van der Waals surface area contributed by atoms with Crippen LogP contribution in [0.15, 0.2) is 39.9 Å². The highest BCUT2D eigenvalue weighted by atomic mass is 35.5. The smallest absolute Gasteiger partial charge is 0.283 e. The SMILES string of the molecule is Cc1cc(/C=C2\C(=N)N3N=C(C4CCCCC4)SC3=NC2=O)c(C)n1-c1ccc(Cl)cc1Cl. The van der Waals surface area contributed by atoms with Crippen LogP contribution in [-0.2, 0) is 4.79 Å². The molecule has 2 aliphatic heterocycles. The van der Waals surface area contributed by atoms with Crippen LogP contribution in [0.25, 0.3) is 11.8 Å². The molecule has 5 rings (SSSR count). The van der Waals surface area contributed by atoms with E-state index in [1.165, 1.54) is 36.0 Å². The first-order valence-electron chi connectivity index (χ1n) is 11.0. The lowest BCUT2D eigenvalue weighted by Gasteiger charge is -2.20. The van der Waals surface area contributed by atoms with Crippen molar-refractivity contribution in [3.05, 3.63) is 56.8 Å². The summed E-state index contributed by atoms with van der Waals surface area (Å²) >= 11 is 13.9. The van der Waals surface area contributed by atoms with Crippen LogP contribution < -0.4 is 0 Å². The van der Waals surface area contributed by atoms with Gasteiger partial charge in [0, 0.05) is 22.3 Å². The van der Waals surface area contributed by atoms with Gasteiger partial charge in [-0.3, -0.25) is 10.2 Å². The Hall–Kier alpha value is -2.35. The molecular formula is C24H23Cl2N5OS. The van der Waals surface area contributed by atoms with Gasteiger partial charge in [0.15, 0.2) is 5.84 Å². The second-order valence-corrected chi connectivity index (χ2v) is 10.4. The zero-order chi connectivity index (χ0) is 23.3. The van der Waals surface area contributed by atoms with Crippen LogP contribution in [0.5, 0.6) is 0 Å². The van der Waals surface area contributed by atoms with Crippen molar-refractivity contribution in [1.82, 2.24) is 9.58 Å². The molecule has 0 bridgehead atoms. The van der Waals surface area contributed by atoms with E-state index >= 15 is 0 Å². The molecule has 1 aliphatic carbocycles. The molecule has 0 saturated heterocycles. The molecule has 1 aromatic carbocycles. The standard InChI is InChI=1S/C24H23Cl2N5OS/c1-13-10-16(14(2)30(13)20-9-8-17(25)12-19(20)26)11-18-21(27)31-24(28-22(18)32)33-23(29-31)15-6-4-3-5-7-15/h8-12,15,27H,3-7H2,1-2H3/b18-11+,27-21?. The van der Waals surface area contributed by atoms with Crippen LogP contribution in [0.2, 0.25) is 10.0 Å². The highest BCUT2D eigenvalue weighted by Gasteiger charge is 2.38. The van der Waals surface area contributed by atoms with Gasteiger partial charge in [-0.15, -0.1) is 0 Å². The van der Waals surface area contributed by atoms with Crippen LogP contribution in [0.1, 0.15) is 49.1 Å². The van der Waals surface area contributed by atoms with Crippen LogP contribution in [0.3, 0.4) is 0 Å². The summed E-state index contributed by atoms with van der Waals surface area (Å²) in [6.07, 6.45) is 7.61. The lowest BCUT2D eigenvalue weighted by atomic mass is 9.90. The summed E-state index contributed by atoms with van der Waals surface area (Å²) in [5.41, 5.74) is 3.73. The number of hydrazone groups is 1. The van der Waals surface area contributed by atoms with E-state index in [-0.39, 0.29) is 11.4 Å². The summed E-state index contributed by atoms with van der Waals surface area (Å²) in [5, 5.41) is 17.5. The molecule has 1 N–H and O–H groups in total. The Balaban J connectivity index is 1.49. The summed E-state index contributed by atoms with van der Waals surface area (Å²) in [6.45, 7) is 3.93. The first-order chi connectivity index (χ1) is 15.8. The number of amides is 1. The van der Waals surface area contributed by atoms with E-state index in [9.17, 15) is 4.79 Å². The first kappa shape index (κ1) is 22.4. The average molecular weight is 500 g/mol. The van der Waals surface area contributed by atoms with Gasteiger partial charge in [-0.2, -0.15) is 15.1 Å². The Morgan fingerprint density at radius 1 is 1.15 bits per heavy atom. The Bertz CT molecular complexity index is 1270. The molecular weight excluding hydrogens is 477 g/mol. The third kappa shape index (κ3) is 4.07. The van der Waals surface area contributed by atoms with E-state index in [2.05, 4.69) is 10.1 Å². The highest BCUT2D eigenvalue weighted by Crippen LogP contribution is 2.37. The fourth-order valence-electron chi connectivity index (χ4n) is 4.64. The maximum absolute atomic E-state index is 12.9. The minimum atomic E-state index is -0.409. The van der Waals surface area contributed by atoms with Crippen molar-refractivity contribution in [3.8, 4) is 5.69 Å². The Morgan fingerprint density at radius 2 is 1.91 bits per heavy atom. The van der Waals surface area contributed by atoms with Crippen LogP contribution in [0.4, 0.5) is 0 Å². The topological polar surface area (TPSA) is 73.8 Å². The number of aryl methyl sites for hydroxylation is 1. The number of rotatable bonds is 3. The van der Waals surface area contributed by atoms with Crippen LogP contribution >= 0.6 is 35.0 Å². The van der Waals surface area contributed by atoms with Crippen molar-refractivity contribution in [2.75, 3.05) is 0 Å². The van der Waals surface area contributed by atoms with Crippen molar-refractivity contribution in [2.24, 2.45) is 16.0 Å². The maximum Gasteiger partial charge on any atom is 0.283 e. The van der Waals surface area contributed by atoms with E-state index in [1.54, 1.807) is 18.2 Å². The molecule has 170 valence electrons. The summed E-state index contributed by atoms with van der Waals surface area (Å²) in [5.74, 6) is 0.0567. The number of hydrogen-bond donors (Lipinski definition) is 1. The van der Waals surface area contributed by atoms with Crippen molar-refractivity contribution in [2.45, 2.75) is 46.0 Å². The fraction of sp³-hybridized carbons (Fsp3) is 0.333. The number of nitrogens with zero attached hydrogens (tertiary/aromatic N) is 4. The third-order valence-corrected chi connectivity index (χ3v) is 7.95. The molecule has 1 aromatic heterocycles. The van der Waals surface area contributed by atoms with E-state index in [0.29, 0.717) is 21.1 Å². The number of aliphatic imine (C=N–C) groups is 1. The number of benzene rings is 1. The fourth-order valence-corrected chi connectivity index (χ4v) is 6.20. The highest BCUT2D eigenvalue weighted by molar-refractivity contribution is 8.27. The molecule has 2 aromatic rings. The second kappa shape index (κ2) is 8.78. The minimum Gasteiger partial charge on any atom is -0.316 e. The molecule has 0 atom stereocenters. The first-order valence-corrected chi connectivity index (χ1v) is 12.5. The van der Waals surface area contributed by atoms with Gasteiger partial charge in [0.2, 0.25) is 5.17 Å². The van der Waals surface area contributed by atoms with Crippen molar-refractivity contribution >= 4 is 63.0 Å².